The van der Waals surface area contributed by atoms with Gasteiger partial charge in [-0.3, -0.25) is 9.79 Å². The summed E-state index contributed by atoms with van der Waals surface area (Å²) in [5.74, 6) is 2.41. The van der Waals surface area contributed by atoms with Gasteiger partial charge in [-0.15, -0.1) is 24.0 Å². The lowest BCUT2D eigenvalue weighted by atomic mass is 10.1. The number of hydrogen-bond acceptors (Lipinski definition) is 5. The molecule has 1 amide bonds. The monoisotopic (exact) mass is 558 g/mol. The van der Waals surface area contributed by atoms with E-state index in [-0.39, 0.29) is 29.9 Å². The van der Waals surface area contributed by atoms with Crippen molar-refractivity contribution in [1.29, 1.82) is 0 Å². The number of amides is 1. The van der Waals surface area contributed by atoms with Gasteiger partial charge in [0.15, 0.2) is 23.2 Å². The highest BCUT2D eigenvalue weighted by molar-refractivity contribution is 14.0. The van der Waals surface area contributed by atoms with Gasteiger partial charge in [0.25, 0.3) is 5.91 Å². The number of ether oxygens (including phenoxy) is 2. The van der Waals surface area contributed by atoms with E-state index in [1.165, 1.54) is 6.26 Å². The molecule has 2 aromatic rings. The fraction of sp³-hybridized carbons (Fsp3) is 0.478. The van der Waals surface area contributed by atoms with E-state index < -0.39 is 0 Å². The Balaban J connectivity index is 0.00000512. The van der Waals surface area contributed by atoms with E-state index in [1.807, 2.05) is 33.0 Å². The first-order chi connectivity index (χ1) is 14.9. The molecule has 1 aromatic carbocycles. The van der Waals surface area contributed by atoms with Crippen molar-refractivity contribution in [3.05, 3.63) is 46.9 Å². The van der Waals surface area contributed by atoms with Crippen LogP contribution in [0.4, 0.5) is 0 Å². The lowest BCUT2D eigenvalue weighted by Crippen LogP contribution is -2.38. The highest BCUT2D eigenvalue weighted by Gasteiger charge is 2.13. The van der Waals surface area contributed by atoms with Crippen LogP contribution in [0.1, 0.15) is 40.6 Å². The molecular weight excluding hydrogens is 523 g/mol. The van der Waals surface area contributed by atoms with Crippen LogP contribution in [0.15, 0.2) is 33.9 Å². The summed E-state index contributed by atoms with van der Waals surface area (Å²) >= 11 is 0. The fourth-order valence-electron chi connectivity index (χ4n) is 3.14. The number of hydrogen-bond donors (Lipinski definition) is 2. The Labute approximate surface area is 207 Å². The van der Waals surface area contributed by atoms with E-state index in [1.54, 1.807) is 20.3 Å². The smallest absolute Gasteiger partial charge is 0.287 e. The average molecular weight is 558 g/mol. The standard InChI is InChI=1S/C23H34N4O4.HI/c1-7-24-23(26-11-8-10-25-22(28)21-16(2)9-12-31-21)27(4)15-18-14-20(30-6)19(29-5)13-17(18)3;/h9,12-14H,7-8,10-11,15H2,1-6H3,(H,24,26)(H,25,28);1H. The zero-order chi connectivity index (χ0) is 22.8. The van der Waals surface area contributed by atoms with Crippen LogP contribution in [-0.2, 0) is 6.54 Å². The van der Waals surface area contributed by atoms with Crippen LogP contribution in [0.2, 0.25) is 0 Å². The number of halogens is 1. The minimum absolute atomic E-state index is 0. The summed E-state index contributed by atoms with van der Waals surface area (Å²) in [7, 11) is 5.27. The van der Waals surface area contributed by atoms with Crippen molar-refractivity contribution in [1.82, 2.24) is 15.5 Å². The fourth-order valence-corrected chi connectivity index (χ4v) is 3.14. The number of aryl methyl sites for hydroxylation is 2. The van der Waals surface area contributed by atoms with E-state index >= 15 is 0 Å². The molecule has 1 aromatic heterocycles. The van der Waals surface area contributed by atoms with Crippen LogP contribution in [0, 0.1) is 13.8 Å². The minimum atomic E-state index is -0.195. The Kier molecular flexibility index (Phi) is 12.0. The number of rotatable bonds is 10. The summed E-state index contributed by atoms with van der Waals surface area (Å²) in [6.07, 6.45) is 2.25. The van der Waals surface area contributed by atoms with E-state index in [4.69, 9.17) is 18.9 Å². The normalized spacial score (nSPS) is 10.9. The van der Waals surface area contributed by atoms with Crippen LogP contribution in [0.3, 0.4) is 0 Å². The second kappa shape index (κ2) is 13.9. The second-order valence-corrected chi connectivity index (χ2v) is 7.27. The van der Waals surface area contributed by atoms with Gasteiger partial charge in [0.1, 0.15) is 0 Å². The molecule has 0 fully saturated rings. The molecule has 0 aliphatic carbocycles. The number of guanidine groups is 1. The maximum Gasteiger partial charge on any atom is 0.287 e. The SMILES string of the molecule is CCNC(=NCCCNC(=O)c1occc1C)N(C)Cc1cc(OC)c(OC)cc1C.I. The third-order valence-corrected chi connectivity index (χ3v) is 4.90. The number of furan rings is 1. The number of benzene rings is 1. The third kappa shape index (κ3) is 7.61. The molecule has 0 atom stereocenters. The molecule has 0 aliphatic rings. The summed E-state index contributed by atoms with van der Waals surface area (Å²) < 4.78 is 16.0. The lowest BCUT2D eigenvalue weighted by Gasteiger charge is -2.23. The van der Waals surface area contributed by atoms with Gasteiger partial charge in [-0.25, -0.2) is 0 Å². The Morgan fingerprint density at radius 2 is 1.81 bits per heavy atom. The predicted molar refractivity (Wildman–Crippen MR) is 138 cm³/mol. The zero-order valence-corrected chi connectivity index (χ0v) is 22.1. The third-order valence-electron chi connectivity index (χ3n) is 4.90. The number of methoxy groups -OCH3 is 2. The first-order valence-electron chi connectivity index (χ1n) is 10.4. The van der Waals surface area contributed by atoms with Gasteiger partial charge in [-0.1, -0.05) is 0 Å². The van der Waals surface area contributed by atoms with Crippen molar-refractivity contribution in [2.75, 3.05) is 40.9 Å². The molecule has 0 radical (unpaired) electrons. The van der Waals surface area contributed by atoms with Gasteiger partial charge in [0, 0.05) is 38.8 Å². The molecule has 0 aliphatic heterocycles. The second-order valence-electron chi connectivity index (χ2n) is 7.27. The molecule has 0 bridgehead atoms. The maximum absolute atomic E-state index is 12.1. The molecule has 0 unspecified atom stereocenters. The lowest BCUT2D eigenvalue weighted by molar-refractivity contribution is 0.0925. The molecule has 9 heteroatoms. The molecule has 0 saturated heterocycles. The topological polar surface area (TPSA) is 88.3 Å². The largest absolute Gasteiger partial charge is 0.493 e. The molecule has 2 rings (SSSR count). The van der Waals surface area contributed by atoms with E-state index in [9.17, 15) is 4.79 Å². The minimum Gasteiger partial charge on any atom is -0.493 e. The van der Waals surface area contributed by atoms with Crippen molar-refractivity contribution in [2.24, 2.45) is 4.99 Å². The Hall–Kier alpha value is -2.43. The number of carbonyl (C=O) groups is 1. The number of carbonyl (C=O) groups excluding carboxylic acids is 1. The van der Waals surface area contributed by atoms with Crippen LogP contribution >= 0.6 is 24.0 Å². The Morgan fingerprint density at radius 1 is 1.12 bits per heavy atom. The summed E-state index contributed by atoms with van der Waals surface area (Å²) in [5.41, 5.74) is 3.08. The van der Waals surface area contributed by atoms with Crippen molar-refractivity contribution < 1.29 is 18.7 Å². The predicted octanol–water partition coefficient (Wildman–Crippen LogP) is 3.75. The summed E-state index contributed by atoms with van der Waals surface area (Å²) in [6, 6.07) is 5.76. The van der Waals surface area contributed by atoms with Crippen molar-refractivity contribution in [3.8, 4) is 11.5 Å². The van der Waals surface area contributed by atoms with Crippen LogP contribution in [0.5, 0.6) is 11.5 Å². The molecule has 1 heterocycles. The first kappa shape index (κ1) is 27.6. The van der Waals surface area contributed by atoms with Gasteiger partial charge >= 0.3 is 0 Å². The molecule has 2 N–H and O–H groups in total. The summed E-state index contributed by atoms with van der Waals surface area (Å²) in [4.78, 5) is 18.9. The van der Waals surface area contributed by atoms with E-state index in [2.05, 4.69) is 22.5 Å². The summed E-state index contributed by atoms with van der Waals surface area (Å²) in [5, 5.41) is 6.19. The van der Waals surface area contributed by atoms with Gasteiger partial charge in [-0.2, -0.15) is 0 Å². The van der Waals surface area contributed by atoms with Crippen molar-refractivity contribution >= 4 is 35.8 Å². The van der Waals surface area contributed by atoms with Crippen molar-refractivity contribution in [3.63, 3.8) is 0 Å². The number of nitrogens with one attached hydrogen (secondary N) is 2. The van der Waals surface area contributed by atoms with Gasteiger partial charge in [0.05, 0.1) is 20.5 Å². The quantitative estimate of drug-likeness (QED) is 0.200. The molecule has 178 valence electrons. The Morgan fingerprint density at radius 3 is 2.41 bits per heavy atom. The van der Waals surface area contributed by atoms with E-state index in [0.717, 1.165) is 41.4 Å². The van der Waals surface area contributed by atoms with E-state index in [0.29, 0.717) is 31.1 Å². The highest BCUT2D eigenvalue weighted by atomic mass is 127. The first-order valence-corrected chi connectivity index (χ1v) is 10.4. The molecule has 8 nitrogen and oxygen atoms in total. The Bertz CT molecular complexity index is 898. The van der Waals surface area contributed by atoms with Crippen LogP contribution in [-0.4, -0.2) is 57.7 Å². The molecule has 32 heavy (non-hydrogen) atoms. The molecule has 0 saturated carbocycles. The van der Waals surface area contributed by atoms with Gasteiger partial charge in [-0.05, 0) is 56.5 Å². The molecular formula is C23H35IN4O4. The number of nitrogens with zero attached hydrogens (tertiary/aromatic N) is 2. The summed E-state index contributed by atoms with van der Waals surface area (Å²) in [6.45, 7) is 8.50. The van der Waals surface area contributed by atoms with Crippen LogP contribution < -0.4 is 20.1 Å². The average Bonchev–Trinajstić information content (AvgIpc) is 3.19. The van der Waals surface area contributed by atoms with Gasteiger partial charge in [0.2, 0.25) is 0 Å². The molecule has 0 spiro atoms. The van der Waals surface area contributed by atoms with Gasteiger partial charge < -0.3 is 29.4 Å². The number of aliphatic imine (C=N–C) groups is 1. The van der Waals surface area contributed by atoms with Crippen LogP contribution in [0.25, 0.3) is 0 Å². The highest BCUT2D eigenvalue weighted by Crippen LogP contribution is 2.30. The van der Waals surface area contributed by atoms with Crippen molar-refractivity contribution in [2.45, 2.75) is 33.7 Å². The zero-order valence-electron chi connectivity index (χ0n) is 19.8. The maximum atomic E-state index is 12.1.